The molecule has 0 aromatic heterocycles. The maximum absolute atomic E-state index is 11.9. The fourth-order valence-electron chi connectivity index (χ4n) is 1.66. The molecule has 0 radical (unpaired) electrons. The number of ketones is 1. The van der Waals surface area contributed by atoms with E-state index in [0.29, 0.717) is 12.2 Å². The number of carbonyl (C=O) groups excluding carboxylic acids is 2. The van der Waals surface area contributed by atoms with Gasteiger partial charge >= 0.3 is 5.97 Å². The lowest BCUT2D eigenvalue weighted by Crippen LogP contribution is -2.19. The summed E-state index contributed by atoms with van der Waals surface area (Å²) in [6.45, 7) is 7.98. The summed E-state index contributed by atoms with van der Waals surface area (Å²) in [5, 5.41) is 0. The van der Waals surface area contributed by atoms with E-state index in [2.05, 4.69) is 0 Å². The van der Waals surface area contributed by atoms with E-state index in [1.165, 1.54) is 0 Å². The van der Waals surface area contributed by atoms with Gasteiger partial charge in [-0.25, -0.2) is 4.79 Å². The Morgan fingerprint density at radius 2 is 1.72 bits per heavy atom. The molecule has 4 nitrogen and oxygen atoms in total. The van der Waals surface area contributed by atoms with Crippen LogP contribution in [0.4, 0.5) is 0 Å². The maximum atomic E-state index is 11.9. The molecule has 0 amide bonds. The Labute approximate surface area is 107 Å². The maximum Gasteiger partial charge on any atom is 0.379 e. The van der Waals surface area contributed by atoms with Gasteiger partial charge in [-0.05, 0) is 51.0 Å². The molecule has 0 N–H and O–H groups in total. The van der Waals surface area contributed by atoms with Crippen LogP contribution in [0.1, 0.15) is 35.3 Å². The van der Waals surface area contributed by atoms with Gasteiger partial charge in [-0.3, -0.25) is 4.79 Å². The monoisotopic (exact) mass is 250 g/mol. The lowest BCUT2D eigenvalue weighted by atomic mass is 9.99. The molecule has 0 unspecified atom stereocenters. The zero-order valence-corrected chi connectivity index (χ0v) is 11.2. The molecule has 1 aromatic rings. The average molecular weight is 250 g/mol. The van der Waals surface area contributed by atoms with Crippen LogP contribution in [-0.4, -0.2) is 25.0 Å². The van der Waals surface area contributed by atoms with Gasteiger partial charge < -0.3 is 9.47 Å². The number of Topliss-reactive ketones (excluding diaryl/α,β-unsaturated/α-hetero) is 1. The highest BCUT2D eigenvalue weighted by Gasteiger charge is 2.21. The number of rotatable bonds is 5. The minimum atomic E-state index is -0.816. The van der Waals surface area contributed by atoms with E-state index in [1.54, 1.807) is 26.0 Å². The fourth-order valence-corrected chi connectivity index (χ4v) is 1.66. The van der Waals surface area contributed by atoms with Crippen molar-refractivity contribution in [2.45, 2.75) is 27.7 Å². The molecule has 0 saturated carbocycles. The third kappa shape index (κ3) is 2.88. The lowest BCUT2D eigenvalue weighted by molar-refractivity contribution is -0.137. The molecular weight excluding hydrogens is 232 g/mol. The van der Waals surface area contributed by atoms with Crippen molar-refractivity contribution in [2.75, 3.05) is 13.2 Å². The third-order valence-corrected chi connectivity index (χ3v) is 2.74. The van der Waals surface area contributed by atoms with Crippen LogP contribution in [0.3, 0.4) is 0 Å². The Morgan fingerprint density at radius 3 is 2.28 bits per heavy atom. The number of esters is 1. The SMILES string of the molecule is CCOC(=O)C(=O)c1ccc(OCC)c(C)c1C. The van der Waals surface area contributed by atoms with Crippen molar-refractivity contribution in [2.24, 2.45) is 0 Å². The smallest absolute Gasteiger partial charge is 0.379 e. The normalized spacial score (nSPS) is 10.0. The van der Waals surface area contributed by atoms with E-state index in [0.717, 1.165) is 16.9 Å². The Bertz CT molecular complexity index is 463. The fraction of sp³-hybridized carbons (Fsp3) is 0.429. The number of carbonyl (C=O) groups is 2. The summed E-state index contributed by atoms with van der Waals surface area (Å²) >= 11 is 0. The van der Waals surface area contributed by atoms with Crippen LogP contribution in [0.25, 0.3) is 0 Å². The summed E-state index contributed by atoms with van der Waals surface area (Å²) in [7, 11) is 0. The molecule has 0 fully saturated rings. The van der Waals surface area contributed by atoms with Crippen molar-refractivity contribution in [3.05, 3.63) is 28.8 Å². The van der Waals surface area contributed by atoms with E-state index in [4.69, 9.17) is 9.47 Å². The van der Waals surface area contributed by atoms with Gasteiger partial charge in [-0.15, -0.1) is 0 Å². The summed E-state index contributed by atoms with van der Waals surface area (Å²) in [6.07, 6.45) is 0. The molecular formula is C14H18O4. The summed E-state index contributed by atoms with van der Waals surface area (Å²) in [5.74, 6) is -0.694. The molecule has 0 atom stereocenters. The number of benzene rings is 1. The van der Waals surface area contributed by atoms with Crippen LogP contribution < -0.4 is 4.74 Å². The molecule has 1 rings (SSSR count). The van der Waals surface area contributed by atoms with Gasteiger partial charge in [0.15, 0.2) is 0 Å². The number of hydrogen-bond donors (Lipinski definition) is 0. The predicted molar refractivity (Wildman–Crippen MR) is 68.0 cm³/mol. The van der Waals surface area contributed by atoms with Crippen molar-refractivity contribution < 1.29 is 19.1 Å². The quantitative estimate of drug-likeness (QED) is 0.457. The first-order valence-corrected chi connectivity index (χ1v) is 5.97. The van der Waals surface area contributed by atoms with Gasteiger partial charge in [0.2, 0.25) is 0 Å². The summed E-state index contributed by atoms with van der Waals surface area (Å²) in [4.78, 5) is 23.3. The molecule has 0 saturated heterocycles. The van der Waals surface area contributed by atoms with Crippen LogP contribution in [-0.2, 0) is 9.53 Å². The molecule has 0 spiro atoms. The van der Waals surface area contributed by atoms with E-state index in [-0.39, 0.29) is 6.61 Å². The van der Waals surface area contributed by atoms with Crippen LogP contribution in [0.15, 0.2) is 12.1 Å². The Kier molecular flexibility index (Phi) is 4.89. The zero-order valence-electron chi connectivity index (χ0n) is 11.2. The van der Waals surface area contributed by atoms with Gasteiger partial charge in [-0.1, -0.05) is 0 Å². The first kappa shape index (κ1) is 14.2. The topological polar surface area (TPSA) is 52.6 Å². The van der Waals surface area contributed by atoms with Crippen LogP contribution in [0, 0.1) is 13.8 Å². The minimum absolute atomic E-state index is 0.194. The predicted octanol–water partition coefficient (Wildman–Crippen LogP) is 2.45. The standard InChI is InChI=1S/C14H18O4/c1-5-17-12-8-7-11(9(3)10(12)4)13(15)14(16)18-6-2/h7-8H,5-6H2,1-4H3. The second-order valence-electron chi connectivity index (χ2n) is 3.84. The Hall–Kier alpha value is -1.84. The second-order valence-corrected chi connectivity index (χ2v) is 3.84. The summed E-state index contributed by atoms with van der Waals surface area (Å²) in [5.41, 5.74) is 1.99. The molecule has 0 aliphatic rings. The molecule has 1 aromatic carbocycles. The van der Waals surface area contributed by atoms with Crippen LogP contribution in [0.2, 0.25) is 0 Å². The number of ether oxygens (including phenoxy) is 2. The van der Waals surface area contributed by atoms with Gasteiger partial charge in [0, 0.05) is 5.56 Å². The van der Waals surface area contributed by atoms with Gasteiger partial charge in [0.05, 0.1) is 13.2 Å². The van der Waals surface area contributed by atoms with Crippen molar-refractivity contribution in [3.63, 3.8) is 0 Å². The van der Waals surface area contributed by atoms with Crippen LogP contribution >= 0.6 is 0 Å². The molecule has 0 bridgehead atoms. The average Bonchev–Trinajstić information content (AvgIpc) is 2.35. The van der Waals surface area contributed by atoms with Gasteiger partial charge in [0.1, 0.15) is 5.75 Å². The largest absolute Gasteiger partial charge is 0.494 e. The second kappa shape index (κ2) is 6.19. The van der Waals surface area contributed by atoms with E-state index < -0.39 is 11.8 Å². The van der Waals surface area contributed by atoms with Crippen molar-refractivity contribution >= 4 is 11.8 Å². The zero-order chi connectivity index (χ0) is 13.7. The number of hydrogen-bond acceptors (Lipinski definition) is 4. The summed E-state index contributed by atoms with van der Waals surface area (Å²) in [6, 6.07) is 3.31. The minimum Gasteiger partial charge on any atom is -0.494 e. The molecule has 0 heterocycles. The Morgan fingerprint density at radius 1 is 1.06 bits per heavy atom. The van der Waals surface area contributed by atoms with Gasteiger partial charge in [-0.2, -0.15) is 0 Å². The third-order valence-electron chi connectivity index (χ3n) is 2.74. The molecule has 0 aliphatic carbocycles. The molecule has 98 valence electrons. The van der Waals surface area contributed by atoms with Crippen LogP contribution in [0.5, 0.6) is 5.75 Å². The first-order chi connectivity index (χ1) is 8.52. The van der Waals surface area contributed by atoms with Crippen molar-refractivity contribution in [3.8, 4) is 5.75 Å². The van der Waals surface area contributed by atoms with E-state index >= 15 is 0 Å². The van der Waals surface area contributed by atoms with Gasteiger partial charge in [0.25, 0.3) is 5.78 Å². The first-order valence-electron chi connectivity index (χ1n) is 5.97. The van der Waals surface area contributed by atoms with Crippen molar-refractivity contribution in [1.29, 1.82) is 0 Å². The highest BCUT2D eigenvalue weighted by molar-refractivity contribution is 6.41. The molecule has 4 heteroatoms. The Balaban J connectivity index is 3.08. The van der Waals surface area contributed by atoms with Crippen molar-refractivity contribution in [1.82, 2.24) is 0 Å². The highest BCUT2D eigenvalue weighted by Crippen LogP contribution is 2.24. The molecule has 18 heavy (non-hydrogen) atoms. The summed E-state index contributed by atoms with van der Waals surface area (Å²) < 4.78 is 10.1. The van der Waals surface area contributed by atoms with E-state index in [9.17, 15) is 9.59 Å². The highest BCUT2D eigenvalue weighted by atomic mass is 16.5. The lowest BCUT2D eigenvalue weighted by Gasteiger charge is -2.12. The molecule has 0 aliphatic heterocycles. The van der Waals surface area contributed by atoms with E-state index in [1.807, 2.05) is 13.8 Å².